The van der Waals surface area contributed by atoms with Crippen LogP contribution in [-0.4, -0.2) is 23.6 Å². The second-order valence-electron chi connectivity index (χ2n) is 7.29. The van der Waals surface area contributed by atoms with E-state index in [-0.39, 0.29) is 5.57 Å². The van der Waals surface area contributed by atoms with Crippen molar-refractivity contribution in [3.63, 3.8) is 0 Å². The first-order chi connectivity index (χ1) is 15.2. The van der Waals surface area contributed by atoms with Crippen LogP contribution >= 0.6 is 11.6 Å². The molecule has 0 atom stereocenters. The van der Waals surface area contributed by atoms with Crippen molar-refractivity contribution in [3.8, 4) is 11.8 Å². The van der Waals surface area contributed by atoms with Gasteiger partial charge in [0.1, 0.15) is 11.6 Å². The fourth-order valence-corrected chi connectivity index (χ4v) is 3.56. The maximum atomic E-state index is 12.6. The van der Waals surface area contributed by atoms with Crippen LogP contribution in [0.2, 0.25) is 5.02 Å². The van der Waals surface area contributed by atoms with Crippen LogP contribution in [0.4, 0.5) is 5.69 Å². The summed E-state index contributed by atoms with van der Waals surface area (Å²) in [6, 6.07) is 15.9. The summed E-state index contributed by atoms with van der Waals surface area (Å²) in [5.41, 5.74) is 5.21. The molecule has 2 aromatic carbocycles. The van der Waals surface area contributed by atoms with E-state index in [1.54, 1.807) is 42.5 Å². The lowest BCUT2D eigenvalue weighted by molar-refractivity contribution is -0.112. The lowest BCUT2D eigenvalue weighted by Crippen LogP contribution is -2.13. The third kappa shape index (κ3) is 4.74. The molecule has 7 heteroatoms. The Morgan fingerprint density at radius 3 is 2.41 bits per heavy atom. The molecular formula is C25H22ClN3O3. The van der Waals surface area contributed by atoms with Gasteiger partial charge in [-0.25, -0.2) is 4.79 Å². The molecule has 32 heavy (non-hydrogen) atoms. The average molecular weight is 448 g/mol. The van der Waals surface area contributed by atoms with Crippen LogP contribution < -0.4 is 5.32 Å². The summed E-state index contributed by atoms with van der Waals surface area (Å²) in [7, 11) is 1.34. The second-order valence-corrected chi connectivity index (χ2v) is 7.72. The number of nitrogens with zero attached hydrogens (tertiary/aromatic N) is 2. The minimum Gasteiger partial charge on any atom is -0.465 e. The van der Waals surface area contributed by atoms with Crippen LogP contribution in [0.5, 0.6) is 0 Å². The number of hydrogen-bond acceptors (Lipinski definition) is 4. The zero-order valence-electron chi connectivity index (χ0n) is 18.2. The third-order valence-corrected chi connectivity index (χ3v) is 5.36. The van der Waals surface area contributed by atoms with Gasteiger partial charge in [0.2, 0.25) is 0 Å². The van der Waals surface area contributed by atoms with Gasteiger partial charge < -0.3 is 14.6 Å². The first kappa shape index (κ1) is 22.9. The van der Waals surface area contributed by atoms with E-state index in [1.807, 2.05) is 43.5 Å². The topological polar surface area (TPSA) is 84.1 Å². The summed E-state index contributed by atoms with van der Waals surface area (Å²) < 4.78 is 6.82. The SMILES string of the molecule is COC(=O)c1ccc(C)c(-n2c(C)cc(/C=C(/C#N)C(=O)Nc3ccc(Cl)cc3)c2C)c1. The summed E-state index contributed by atoms with van der Waals surface area (Å²) in [6.45, 7) is 5.77. The van der Waals surface area contributed by atoms with Crippen LogP contribution in [0.1, 0.15) is 32.9 Å². The molecule has 1 N–H and O–H groups in total. The van der Waals surface area contributed by atoms with Crippen molar-refractivity contribution in [2.45, 2.75) is 20.8 Å². The molecule has 0 fully saturated rings. The van der Waals surface area contributed by atoms with Gasteiger partial charge in [0.25, 0.3) is 5.91 Å². The Hall–Kier alpha value is -3.82. The molecule has 1 aromatic heterocycles. The van der Waals surface area contributed by atoms with Gasteiger partial charge in [-0.15, -0.1) is 0 Å². The Labute approximate surface area is 191 Å². The number of esters is 1. The fraction of sp³-hybridized carbons (Fsp3) is 0.160. The lowest BCUT2D eigenvalue weighted by atomic mass is 10.1. The molecule has 0 spiro atoms. The van der Waals surface area contributed by atoms with Gasteiger partial charge >= 0.3 is 5.97 Å². The molecule has 0 bridgehead atoms. The molecule has 0 aliphatic heterocycles. The minimum absolute atomic E-state index is 0.0276. The molecule has 0 unspecified atom stereocenters. The van der Waals surface area contributed by atoms with Crippen molar-refractivity contribution in [1.29, 1.82) is 5.26 Å². The number of carbonyl (C=O) groups excluding carboxylic acids is 2. The van der Waals surface area contributed by atoms with E-state index in [2.05, 4.69) is 5.32 Å². The highest BCUT2D eigenvalue weighted by atomic mass is 35.5. The zero-order valence-corrected chi connectivity index (χ0v) is 18.9. The number of halogens is 1. The van der Waals surface area contributed by atoms with Crippen molar-refractivity contribution < 1.29 is 14.3 Å². The lowest BCUT2D eigenvalue weighted by Gasteiger charge is -2.14. The Morgan fingerprint density at radius 1 is 1.09 bits per heavy atom. The molecule has 1 heterocycles. The van der Waals surface area contributed by atoms with E-state index >= 15 is 0 Å². The van der Waals surface area contributed by atoms with Crippen molar-refractivity contribution in [2.24, 2.45) is 0 Å². The molecule has 0 aliphatic carbocycles. The molecule has 3 aromatic rings. The van der Waals surface area contributed by atoms with Gasteiger partial charge in [0.15, 0.2) is 0 Å². The number of methoxy groups -OCH3 is 1. The standard InChI is InChI=1S/C25H22ClN3O3/c1-15-5-6-18(25(31)32-4)13-23(15)29-16(2)11-19(17(29)3)12-20(14-27)24(30)28-22-9-7-21(26)8-10-22/h5-13H,1-4H3,(H,28,30)/b20-12-. The number of carbonyl (C=O) groups is 2. The van der Waals surface area contributed by atoms with Crippen LogP contribution in [0.3, 0.4) is 0 Å². The smallest absolute Gasteiger partial charge is 0.337 e. The summed E-state index contributed by atoms with van der Waals surface area (Å²) in [6.07, 6.45) is 1.56. The number of aromatic nitrogens is 1. The minimum atomic E-state index is -0.511. The van der Waals surface area contributed by atoms with Gasteiger partial charge in [-0.05, 0) is 80.4 Å². The number of nitriles is 1. The number of aryl methyl sites for hydroxylation is 2. The molecule has 6 nitrogen and oxygen atoms in total. The quantitative estimate of drug-likeness (QED) is 0.323. The van der Waals surface area contributed by atoms with E-state index in [0.717, 1.165) is 28.2 Å². The number of nitrogens with one attached hydrogen (secondary N) is 1. The molecule has 1 amide bonds. The first-order valence-corrected chi connectivity index (χ1v) is 10.2. The van der Waals surface area contributed by atoms with Gasteiger partial charge in [-0.1, -0.05) is 17.7 Å². The largest absolute Gasteiger partial charge is 0.465 e. The molecule has 0 aliphatic rings. The molecule has 0 saturated heterocycles. The monoisotopic (exact) mass is 447 g/mol. The number of hydrogen-bond donors (Lipinski definition) is 1. The van der Waals surface area contributed by atoms with Gasteiger partial charge in [-0.2, -0.15) is 5.26 Å². The van der Waals surface area contributed by atoms with E-state index < -0.39 is 11.9 Å². The highest BCUT2D eigenvalue weighted by Gasteiger charge is 2.16. The molecule has 162 valence electrons. The van der Waals surface area contributed by atoms with Crippen molar-refractivity contribution in [2.75, 3.05) is 12.4 Å². The first-order valence-electron chi connectivity index (χ1n) is 9.82. The highest BCUT2D eigenvalue weighted by molar-refractivity contribution is 6.30. The maximum Gasteiger partial charge on any atom is 0.337 e. The highest BCUT2D eigenvalue weighted by Crippen LogP contribution is 2.26. The number of anilines is 1. The van der Waals surface area contributed by atoms with Crippen LogP contribution in [-0.2, 0) is 9.53 Å². The van der Waals surface area contributed by atoms with Crippen molar-refractivity contribution >= 4 is 35.2 Å². The molecule has 0 saturated carbocycles. The van der Waals surface area contributed by atoms with Crippen LogP contribution in [0.25, 0.3) is 11.8 Å². The van der Waals surface area contributed by atoms with Gasteiger partial charge in [0, 0.05) is 27.8 Å². The normalized spacial score (nSPS) is 11.1. The number of ether oxygens (including phenoxy) is 1. The van der Waals surface area contributed by atoms with Crippen LogP contribution in [0.15, 0.2) is 54.1 Å². The predicted octanol–water partition coefficient (Wildman–Crippen LogP) is 5.39. The van der Waals surface area contributed by atoms with E-state index in [0.29, 0.717) is 16.3 Å². The predicted molar refractivity (Wildman–Crippen MR) is 125 cm³/mol. The van der Waals surface area contributed by atoms with Crippen molar-refractivity contribution in [3.05, 3.63) is 87.2 Å². The Balaban J connectivity index is 1.98. The molecular weight excluding hydrogens is 426 g/mol. The average Bonchev–Trinajstić information content (AvgIpc) is 3.06. The number of amides is 1. The molecule has 0 radical (unpaired) electrons. The molecule has 3 rings (SSSR count). The summed E-state index contributed by atoms with van der Waals surface area (Å²) in [4.78, 5) is 24.6. The Morgan fingerprint density at radius 2 is 1.78 bits per heavy atom. The summed E-state index contributed by atoms with van der Waals surface area (Å²) >= 11 is 5.87. The van der Waals surface area contributed by atoms with E-state index in [4.69, 9.17) is 16.3 Å². The Bertz CT molecular complexity index is 1260. The number of rotatable bonds is 5. The van der Waals surface area contributed by atoms with E-state index in [1.165, 1.54) is 7.11 Å². The third-order valence-electron chi connectivity index (χ3n) is 5.11. The van der Waals surface area contributed by atoms with E-state index in [9.17, 15) is 14.9 Å². The van der Waals surface area contributed by atoms with Crippen LogP contribution in [0, 0.1) is 32.1 Å². The summed E-state index contributed by atoms with van der Waals surface area (Å²) in [5.74, 6) is -0.928. The summed E-state index contributed by atoms with van der Waals surface area (Å²) in [5, 5.41) is 12.8. The Kier molecular flexibility index (Phi) is 6.82. The van der Waals surface area contributed by atoms with Gasteiger partial charge in [-0.3, -0.25) is 4.79 Å². The fourth-order valence-electron chi connectivity index (χ4n) is 3.44. The zero-order chi connectivity index (χ0) is 23.4. The maximum absolute atomic E-state index is 12.6. The van der Waals surface area contributed by atoms with Gasteiger partial charge in [0.05, 0.1) is 12.7 Å². The van der Waals surface area contributed by atoms with Crippen molar-refractivity contribution in [1.82, 2.24) is 4.57 Å². The second kappa shape index (κ2) is 9.54. The number of benzene rings is 2.